The lowest BCUT2D eigenvalue weighted by Gasteiger charge is -2.08. The molecule has 0 aliphatic carbocycles. The molecular formula is C19H12F2N4O. The molecule has 1 aromatic heterocycles. The fourth-order valence-corrected chi connectivity index (χ4v) is 2.16. The highest BCUT2D eigenvalue weighted by Crippen LogP contribution is 2.18. The smallest absolute Gasteiger partial charge is 0.257 e. The van der Waals surface area contributed by atoms with Crippen LogP contribution in [0.25, 0.3) is 0 Å². The van der Waals surface area contributed by atoms with Crippen LogP contribution in [0.15, 0.2) is 60.8 Å². The SMILES string of the molecule is N#Cc1ccc(NC(=O)c2ccc(Nc3ccc(F)c(F)c3)nc2)cc1. The second-order valence-electron chi connectivity index (χ2n) is 5.33. The van der Waals surface area contributed by atoms with Crippen LogP contribution < -0.4 is 10.6 Å². The number of carbonyl (C=O) groups excluding carboxylic acids is 1. The number of nitriles is 1. The number of pyridine rings is 1. The van der Waals surface area contributed by atoms with Crippen LogP contribution in [0.1, 0.15) is 15.9 Å². The monoisotopic (exact) mass is 350 g/mol. The first-order valence-electron chi connectivity index (χ1n) is 7.55. The minimum atomic E-state index is -0.964. The van der Waals surface area contributed by atoms with Gasteiger partial charge in [-0.1, -0.05) is 0 Å². The average Bonchev–Trinajstić information content (AvgIpc) is 2.66. The van der Waals surface area contributed by atoms with E-state index < -0.39 is 11.6 Å². The van der Waals surface area contributed by atoms with E-state index in [4.69, 9.17) is 5.26 Å². The van der Waals surface area contributed by atoms with Crippen LogP contribution in [0.4, 0.5) is 26.0 Å². The quantitative estimate of drug-likeness (QED) is 0.738. The number of hydrogen-bond acceptors (Lipinski definition) is 4. The topological polar surface area (TPSA) is 77.8 Å². The van der Waals surface area contributed by atoms with Crippen LogP contribution in [0.2, 0.25) is 0 Å². The Morgan fingerprint density at radius 2 is 1.69 bits per heavy atom. The van der Waals surface area contributed by atoms with Gasteiger partial charge in [-0.05, 0) is 48.5 Å². The van der Waals surface area contributed by atoms with Crippen LogP contribution in [0, 0.1) is 23.0 Å². The first-order valence-corrected chi connectivity index (χ1v) is 7.55. The van der Waals surface area contributed by atoms with Crippen molar-refractivity contribution in [2.45, 2.75) is 0 Å². The number of aromatic nitrogens is 1. The van der Waals surface area contributed by atoms with Gasteiger partial charge in [0.15, 0.2) is 11.6 Å². The lowest BCUT2D eigenvalue weighted by molar-refractivity contribution is 0.102. The van der Waals surface area contributed by atoms with Crippen molar-refractivity contribution in [3.63, 3.8) is 0 Å². The molecule has 0 spiro atoms. The summed E-state index contributed by atoms with van der Waals surface area (Å²) in [6.07, 6.45) is 1.36. The van der Waals surface area contributed by atoms with Gasteiger partial charge in [-0.25, -0.2) is 13.8 Å². The molecule has 0 unspecified atom stereocenters. The highest BCUT2D eigenvalue weighted by Gasteiger charge is 2.08. The molecule has 3 rings (SSSR count). The summed E-state index contributed by atoms with van der Waals surface area (Å²) in [6.45, 7) is 0. The van der Waals surface area contributed by atoms with E-state index in [1.807, 2.05) is 6.07 Å². The van der Waals surface area contributed by atoms with Gasteiger partial charge in [0.2, 0.25) is 0 Å². The number of halogens is 2. The maximum atomic E-state index is 13.2. The zero-order valence-electron chi connectivity index (χ0n) is 13.3. The number of nitrogens with zero attached hydrogens (tertiary/aromatic N) is 2. The van der Waals surface area contributed by atoms with E-state index in [1.165, 1.54) is 12.3 Å². The molecule has 5 nitrogen and oxygen atoms in total. The lowest BCUT2D eigenvalue weighted by atomic mass is 10.2. The molecule has 26 heavy (non-hydrogen) atoms. The highest BCUT2D eigenvalue weighted by molar-refractivity contribution is 6.04. The fraction of sp³-hybridized carbons (Fsp3) is 0. The number of rotatable bonds is 4. The number of carbonyl (C=O) groups is 1. The van der Waals surface area contributed by atoms with Crippen molar-refractivity contribution in [2.75, 3.05) is 10.6 Å². The van der Waals surface area contributed by atoms with Crippen LogP contribution in [0.3, 0.4) is 0 Å². The molecule has 0 aliphatic heterocycles. The third-order valence-electron chi connectivity index (χ3n) is 3.49. The summed E-state index contributed by atoms with van der Waals surface area (Å²) in [5.74, 6) is -1.88. The molecular weight excluding hydrogens is 338 g/mol. The van der Waals surface area contributed by atoms with E-state index in [0.717, 1.165) is 12.1 Å². The fourth-order valence-electron chi connectivity index (χ4n) is 2.16. The lowest BCUT2D eigenvalue weighted by Crippen LogP contribution is -2.12. The van der Waals surface area contributed by atoms with Crippen LogP contribution in [-0.2, 0) is 0 Å². The summed E-state index contributed by atoms with van der Waals surface area (Å²) < 4.78 is 26.1. The Balaban J connectivity index is 1.67. The Hall–Kier alpha value is -3.79. The van der Waals surface area contributed by atoms with E-state index in [-0.39, 0.29) is 5.91 Å². The minimum absolute atomic E-state index is 0.324. The summed E-state index contributed by atoms with van der Waals surface area (Å²) >= 11 is 0. The van der Waals surface area contributed by atoms with E-state index in [9.17, 15) is 13.6 Å². The summed E-state index contributed by atoms with van der Waals surface area (Å²) in [7, 11) is 0. The van der Waals surface area contributed by atoms with E-state index >= 15 is 0 Å². The van der Waals surface area contributed by atoms with Gasteiger partial charge in [0.05, 0.1) is 17.2 Å². The van der Waals surface area contributed by atoms with Gasteiger partial charge in [-0.2, -0.15) is 5.26 Å². The van der Waals surface area contributed by atoms with E-state index in [0.29, 0.717) is 28.3 Å². The van der Waals surface area contributed by atoms with Gasteiger partial charge in [0.1, 0.15) is 5.82 Å². The second kappa shape index (κ2) is 7.40. The molecule has 0 radical (unpaired) electrons. The standard InChI is InChI=1S/C19H12F2N4O/c20-16-7-6-15(9-17(16)21)24-18-8-3-13(11-23-18)19(26)25-14-4-1-12(10-22)2-5-14/h1-9,11H,(H,23,24)(H,25,26). The van der Waals surface area contributed by atoms with Crippen molar-refractivity contribution in [1.29, 1.82) is 5.26 Å². The van der Waals surface area contributed by atoms with Gasteiger partial charge in [-0.3, -0.25) is 4.79 Å². The Morgan fingerprint density at radius 1 is 0.962 bits per heavy atom. The number of amides is 1. The number of benzene rings is 2. The third-order valence-corrected chi connectivity index (χ3v) is 3.49. The second-order valence-corrected chi connectivity index (χ2v) is 5.33. The number of hydrogen-bond donors (Lipinski definition) is 2. The Bertz CT molecular complexity index is 980. The average molecular weight is 350 g/mol. The van der Waals surface area contributed by atoms with E-state index in [2.05, 4.69) is 15.6 Å². The summed E-state index contributed by atoms with van der Waals surface area (Å²) in [5, 5.41) is 14.3. The highest BCUT2D eigenvalue weighted by atomic mass is 19.2. The van der Waals surface area contributed by atoms with Gasteiger partial charge in [-0.15, -0.1) is 0 Å². The first kappa shape index (κ1) is 17.0. The largest absolute Gasteiger partial charge is 0.340 e. The summed E-state index contributed by atoms with van der Waals surface area (Å²) in [4.78, 5) is 16.3. The van der Waals surface area contributed by atoms with Crippen LogP contribution in [-0.4, -0.2) is 10.9 Å². The van der Waals surface area contributed by atoms with Crippen molar-refractivity contribution in [3.8, 4) is 6.07 Å². The van der Waals surface area contributed by atoms with Crippen molar-refractivity contribution in [3.05, 3.63) is 83.6 Å². The molecule has 0 saturated heterocycles. The van der Waals surface area contributed by atoms with E-state index in [1.54, 1.807) is 36.4 Å². The molecule has 0 fully saturated rings. The first-order chi connectivity index (χ1) is 12.5. The van der Waals surface area contributed by atoms with Gasteiger partial charge < -0.3 is 10.6 Å². The zero-order chi connectivity index (χ0) is 18.5. The molecule has 128 valence electrons. The number of nitrogens with one attached hydrogen (secondary N) is 2. The molecule has 0 aliphatic rings. The molecule has 1 amide bonds. The Kier molecular flexibility index (Phi) is 4.85. The molecule has 2 aromatic carbocycles. The van der Waals surface area contributed by atoms with Crippen molar-refractivity contribution in [1.82, 2.24) is 4.98 Å². The maximum Gasteiger partial charge on any atom is 0.257 e. The Labute approximate surface area is 147 Å². The molecule has 7 heteroatoms. The molecule has 1 heterocycles. The normalized spacial score (nSPS) is 10.0. The minimum Gasteiger partial charge on any atom is -0.340 e. The molecule has 0 saturated carbocycles. The van der Waals surface area contributed by atoms with Crippen molar-refractivity contribution in [2.24, 2.45) is 0 Å². The molecule has 0 bridgehead atoms. The number of anilines is 3. The summed E-state index contributed by atoms with van der Waals surface area (Å²) in [5.41, 5.74) is 1.71. The Morgan fingerprint density at radius 3 is 2.31 bits per heavy atom. The third kappa shape index (κ3) is 3.99. The van der Waals surface area contributed by atoms with Crippen LogP contribution in [0.5, 0.6) is 0 Å². The molecule has 0 atom stereocenters. The zero-order valence-corrected chi connectivity index (χ0v) is 13.3. The van der Waals surface area contributed by atoms with Gasteiger partial charge >= 0.3 is 0 Å². The van der Waals surface area contributed by atoms with Gasteiger partial charge in [0, 0.05) is 23.6 Å². The molecule has 3 aromatic rings. The predicted octanol–water partition coefficient (Wildman–Crippen LogP) is 4.23. The van der Waals surface area contributed by atoms with Crippen LogP contribution >= 0.6 is 0 Å². The maximum absolute atomic E-state index is 13.2. The molecule has 2 N–H and O–H groups in total. The van der Waals surface area contributed by atoms with Crippen molar-refractivity contribution >= 4 is 23.1 Å². The van der Waals surface area contributed by atoms with Crippen molar-refractivity contribution < 1.29 is 13.6 Å². The predicted molar refractivity (Wildman–Crippen MR) is 93.0 cm³/mol. The summed E-state index contributed by atoms with van der Waals surface area (Å²) in [6, 6.07) is 15.0. The van der Waals surface area contributed by atoms with Gasteiger partial charge in [0.25, 0.3) is 5.91 Å².